The van der Waals surface area contributed by atoms with Gasteiger partial charge in [-0.3, -0.25) is 4.79 Å². The van der Waals surface area contributed by atoms with Gasteiger partial charge in [0.1, 0.15) is 6.07 Å². The minimum Gasteiger partial charge on any atom is -0.481 e. The van der Waals surface area contributed by atoms with Gasteiger partial charge in [0.15, 0.2) is 0 Å². The molecule has 1 heterocycles. The molecule has 1 N–H and O–H groups in total. The highest BCUT2D eigenvalue weighted by Crippen LogP contribution is 2.17. The zero-order valence-corrected chi connectivity index (χ0v) is 7.10. The van der Waals surface area contributed by atoms with Crippen LogP contribution in [0.15, 0.2) is 11.4 Å². The summed E-state index contributed by atoms with van der Waals surface area (Å²) in [5, 5.41) is 18.8. The van der Waals surface area contributed by atoms with Crippen LogP contribution in [0.3, 0.4) is 0 Å². The highest BCUT2D eigenvalue weighted by Gasteiger charge is 2.05. The van der Waals surface area contributed by atoms with Crippen LogP contribution in [0.25, 0.3) is 0 Å². The number of hydrogen-bond acceptors (Lipinski definition) is 3. The number of aryl methyl sites for hydroxylation is 1. The van der Waals surface area contributed by atoms with E-state index in [-0.39, 0.29) is 6.42 Å². The topological polar surface area (TPSA) is 61.1 Å². The van der Waals surface area contributed by atoms with Crippen molar-refractivity contribution in [1.82, 2.24) is 0 Å². The van der Waals surface area contributed by atoms with Crippen molar-refractivity contribution in [2.75, 3.05) is 0 Å². The molecule has 4 heteroatoms. The number of thiophene rings is 1. The Balaban J connectivity index is 2.64. The van der Waals surface area contributed by atoms with E-state index in [9.17, 15) is 4.79 Å². The molecule has 0 aliphatic carbocycles. The second-order valence-electron chi connectivity index (χ2n) is 2.26. The summed E-state index contributed by atoms with van der Waals surface area (Å²) in [6, 6.07) is 3.73. The quantitative estimate of drug-likeness (QED) is 0.771. The number of hydrogen-bond donors (Lipinski definition) is 1. The minimum absolute atomic E-state index is 0.0925. The molecule has 62 valence electrons. The highest BCUT2D eigenvalue weighted by atomic mass is 32.1. The van der Waals surface area contributed by atoms with Gasteiger partial charge in [-0.2, -0.15) is 5.26 Å². The van der Waals surface area contributed by atoms with E-state index in [0.717, 1.165) is 4.88 Å². The summed E-state index contributed by atoms with van der Waals surface area (Å²) in [7, 11) is 0. The average molecular weight is 181 g/mol. The molecule has 12 heavy (non-hydrogen) atoms. The van der Waals surface area contributed by atoms with Crippen molar-refractivity contribution in [1.29, 1.82) is 5.26 Å². The molecule has 0 radical (unpaired) electrons. The molecule has 0 aliphatic heterocycles. The highest BCUT2D eigenvalue weighted by molar-refractivity contribution is 7.10. The third-order valence-corrected chi connectivity index (χ3v) is 2.41. The number of nitrogens with zero attached hydrogens (tertiary/aromatic N) is 1. The Kier molecular flexibility index (Phi) is 2.83. The molecule has 3 nitrogen and oxygen atoms in total. The molecule has 1 aromatic heterocycles. The third kappa shape index (κ3) is 2.07. The summed E-state index contributed by atoms with van der Waals surface area (Å²) < 4.78 is 0. The van der Waals surface area contributed by atoms with Crippen LogP contribution in [-0.2, 0) is 11.2 Å². The van der Waals surface area contributed by atoms with Crippen molar-refractivity contribution < 1.29 is 9.90 Å². The van der Waals surface area contributed by atoms with E-state index < -0.39 is 5.97 Å². The van der Waals surface area contributed by atoms with Crippen LogP contribution >= 0.6 is 11.3 Å². The molecule has 0 aromatic carbocycles. The van der Waals surface area contributed by atoms with Crippen molar-refractivity contribution in [3.8, 4) is 6.07 Å². The maximum absolute atomic E-state index is 10.2. The van der Waals surface area contributed by atoms with Crippen LogP contribution in [-0.4, -0.2) is 11.1 Å². The number of carboxylic acids is 1. The molecule has 1 rings (SSSR count). The molecular weight excluding hydrogens is 174 g/mol. The van der Waals surface area contributed by atoms with Crippen LogP contribution in [0.5, 0.6) is 0 Å². The smallest absolute Gasteiger partial charge is 0.303 e. The number of carbonyl (C=O) groups is 1. The predicted molar refractivity (Wildman–Crippen MR) is 45.0 cm³/mol. The number of aliphatic carboxylic acids is 1. The summed E-state index contributed by atoms with van der Waals surface area (Å²) in [5.74, 6) is -0.827. The molecule has 0 atom stereocenters. The Bertz CT molecular complexity index is 324. The molecule has 1 aromatic rings. The van der Waals surface area contributed by atoms with E-state index in [1.54, 1.807) is 11.4 Å². The SMILES string of the molecule is N#Cc1ccsc1CCC(=O)O. The van der Waals surface area contributed by atoms with Gasteiger partial charge >= 0.3 is 5.97 Å². The molecule has 0 unspecified atom stereocenters. The lowest BCUT2D eigenvalue weighted by Gasteiger charge is -1.92. The van der Waals surface area contributed by atoms with Gasteiger partial charge in [-0.1, -0.05) is 0 Å². The second-order valence-corrected chi connectivity index (χ2v) is 3.26. The molecule has 0 saturated heterocycles. The van der Waals surface area contributed by atoms with Gasteiger partial charge in [0.2, 0.25) is 0 Å². The summed E-state index contributed by atoms with van der Waals surface area (Å²) in [4.78, 5) is 11.1. The van der Waals surface area contributed by atoms with Gasteiger partial charge in [-0.15, -0.1) is 11.3 Å². The first-order chi connectivity index (χ1) is 5.74. The zero-order valence-electron chi connectivity index (χ0n) is 6.28. The average Bonchev–Trinajstić information content (AvgIpc) is 2.47. The Morgan fingerprint density at radius 2 is 2.50 bits per heavy atom. The Morgan fingerprint density at radius 3 is 3.08 bits per heavy atom. The van der Waals surface area contributed by atoms with Crippen molar-refractivity contribution in [3.63, 3.8) is 0 Å². The molecule has 0 bridgehead atoms. The molecule has 0 aliphatic rings. The Hall–Kier alpha value is -1.34. The largest absolute Gasteiger partial charge is 0.481 e. The van der Waals surface area contributed by atoms with Gasteiger partial charge in [0.25, 0.3) is 0 Å². The third-order valence-electron chi connectivity index (χ3n) is 1.43. The summed E-state index contributed by atoms with van der Waals surface area (Å²) in [5.41, 5.74) is 0.598. The first kappa shape index (κ1) is 8.75. The fourth-order valence-corrected chi connectivity index (χ4v) is 1.68. The molecule has 0 fully saturated rings. The van der Waals surface area contributed by atoms with Crippen molar-refractivity contribution in [3.05, 3.63) is 21.9 Å². The maximum atomic E-state index is 10.2. The van der Waals surface area contributed by atoms with E-state index in [2.05, 4.69) is 0 Å². The van der Waals surface area contributed by atoms with E-state index in [1.807, 2.05) is 6.07 Å². The molecule has 0 spiro atoms. The van der Waals surface area contributed by atoms with Crippen LogP contribution in [0.4, 0.5) is 0 Å². The number of nitriles is 1. The van der Waals surface area contributed by atoms with Gasteiger partial charge in [0, 0.05) is 4.88 Å². The van der Waals surface area contributed by atoms with E-state index in [4.69, 9.17) is 10.4 Å². The van der Waals surface area contributed by atoms with E-state index >= 15 is 0 Å². The van der Waals surface area contributed by atoms with Gasteiger partial charge in [0.05, 0.1) is 12.0 Å². The van der Waals surface area contributed by atoms with Gasteiger partial charge < -0.3 is 5.11 Å². The number of rotatable bonds is 3. The lowest BCUT2D eigenvalue weighted by atomic mass is 10.2. The van der Waals surface area contributed by atoms with Crippen LogP contribution in [0.1, 0.15) is 16.9 Å². The lowest BCUT2D eigenvalue weighted by molar-refractivity contribution is -0.136. The van der Waals surface area contributed by atoms with Gasteiger partial charge in [-0.25, -0.2) is 0 Å². The minimum atomic E-state index is -0.827. The summed E-state index contributed by atoms with van der Waals surface area (Å²) >= 11 is 1.43. The Labute approximate surface area is 73.9 Å². The molecular formula is C8H7NO2S. The van der Waals surface area contributed by atoms with E-state index in [1.165, 1.54) is 11.3 Å². The van der Waals surface area contributed by atoms with Crippen molar-refractivity contribution in [2.45, 2.75) is 12.8 Å². The lowest BCUT2D eigenvalue weighted by Crippen LogP contribution is -1.96. The van der Waals surface area contributed by atoms with Crippen LogP contribution < -0.4 is 0 Å². The normalized spacial score (nSPS) is 9.25. The fraction of sp³-hybridized carbons (Fsp3) is 0.250. The molecule has 0 amide bonds. The van der Waals surface area contributed by atoms with Crippen LogP contribution in [0, 0.1) is 11.3 Å². The Morgan fingerprint density at radius 1 is 1.75 bits per heavy atom. The van der Waals surface area contributed by atoms with Crippen LogP contribution in [0.2, 0.25) is 0 Å². The first-order valence-electron chi connectivity index (χ1n) is 3.42. The summed E-state index contributed by atoms with van der Waals surface area (Å²) in [6.45, 7) is 0. The standard InChI is InChI=1S/C8H7NO2S/c9-5-6-3-4-12-7(6)1-2-8(10)11/h3-4H,1-2H2,(H,10,11). The van der Waals surface area contributed by atoms with E-state index in [0.29, 0.717) is 12.0 Å². The predicted octanol–water partition coefficient (Wildman–Crippen LogP) is 1.64. The van der Waals surface area contributed by atoms with Crippen molar-refractivity contribution >= 4 is 17.3 Å². The van der Waals surface area contributed by atoms with Gasteiger partial charge in [-0.05, 0) is 17.9 Å². The zero-order chi connectivity index (χ0) is 8.97. The maximum Gasteiger partial charge on any atom is 0.303 e. The van der Waals surface area contributed by atoms with Crippen molar-refractivity contribution in [2.24, 2.45) is 0 Å². The first-order valence-corrected chi connectivity index (χ1v) is 4.30. The molecule has 0 saturated carbocycles. The second kappa shape index (κ2) is 3.88. The summed E-state index contributed by atoms with van der Waals surface area (Å²) in [6.07, 6.45) is 0.547. The monoisotopic (exact) mass is 181 g/mol. The fourth-order valence-electron chi connectivity index (χ4n) is 0.854. The number of carboxylic acid groups (broad SMARTS) is 1.